The molecule has 0 amide bonds. The van der Waals surface area contributed by atoms with Crippen LogP contribution >= 0.6 is 11.8 Å². The summed E-state index contributed by atoms with van der Waals surface area (Å²) >= 11 is 1.91. The minimum absolute atomic E-state index is 0.295. The molecule has 1 rings (SSSR count). The molecule has 0 spiro atoms. The van der Waals surface area contributed by atoms with Gasteiger partial charge in [-0.15, -0.1) is 5.10 Å². The third kappa shape index (κ3) is 5.37. The molecule has 16 heavy (non-hydrogen) atoms. The standard InChI is InChI=1S/C10H20N4OS/c1-16-7-5-3-2-4-6-12-10-14-13-9(8-11)15-10/h2-8,11H2,1H3,(H,12,14). The van der Waals surface area contributed by atoms with Crippen molar-refractivity contribution in [3.05, 3.63) is 5.89 Å². The van der Waals surface area contributed by atoms with Crippen LogP contribution in [0.4, 0.5) is 6.01 Å². The van der Waals surface area contributed by atoms with Crippen LogP contribution in [-0.4, -0.2) is 28.8 Å². The van der Waals surface area contributed by atoms with Gasteiger partial charge in [-0.25, -0.2) is 0 Å². The largest absolute Gasteiger partial charge is 0.407 e. The fourth-order valence-electron chi connectivity index (χ4n) is 1.33. The number of thioether (sulfide) groups is 1. The molecule has 0 fully saturated rings. The lowest BCUT2D eigenvalue weighted by Crippen LogP contribution is -2.01. The molecule has 3 N–H and O–H groups in total. The first kappa shape index (κ1) is 13.3. The van der Waals surface area contributed by atoms with Crippen LogP contribution in [0.25, 0.3) is 0 Å². The van der Waals surface area contributed by atoms with Gasteiger partial charge in [-0.1, -0.05) is 17.9 Å². The fraction of sp³-hybridized carbons (Fsp3) is 0.800. The van der Waals surface area contributed by atoms with E-state index in [0.29, 0.717) is 18.5 Å². The smallest absolute Gasteiger partial charge is 0.315 e. The molecule has 1 aromatic heterocycles. The van der Waals surface area contributed by atoms with E-state index >= 15 is 0 Å². The highest BCUT2D eigenvalue weighted by molar-refractivity contribution is 7.98. The number of hydrogen-bond donors (Lipinski definition) is 2. The summed E-state index contributed by atoms with van der Waals surface area (Å²) < 4.78 is 5.22. The molecule has 0 saturated heterocycles. The second kappa shape index (κ2) is 8.41. The van der Waals surface area contributed by atoms with Crippen molar-refractivity contribution in [1.29, 1.82) is 0 Å². The number of unbranched alkanes of at least 4 members (excludes halogenated alkanes) is 3. The van der Waals surface area contributed by atoms with Crippen molar-refractivity contribution in [3.63, 3.8) is 0 Å². The summed E-state index contributed by atoms with van der Waals surface area (Å²) in [6.07, 6.45) is 7.12. The van der Waals surface area contributed by atoms with E-state index in [1.807, 2.05) is 11.8 Å². The zero-order valence-corrected chi connectivity index (χ0v) is 10.6. The monoisotopic (exact) mass is 244 g/mol. The Morgan fingerprint density at radius 1 is 1.25 bits per heavy atom. The molecular weight excluding hydrogens is 224 g/mol. The summed E-state index contributed by atoms with van der Waals surface area (Å²) in [6, 6.07) is 0.476. The SMILES string of the molecule is CSCCCCCCNc1nnc(CN)o1. The predicted molar refractivity (Wildman–Crippen MR) is 67.5 cm³/mol. The van der Waals surface area contributed by atoms with E-state index in [0.717, 1.165) is 13.0 Å². The van der Waals surface area contributed by atoms with Crippen molar-refractivity contribution in [2.45, 2.75) is 32.2 Å². The van der Waals surface area contributed by atoms with E-state index in [9.17, 15) is 0 Å². The Morgan fingerprint density at radius 3 is 2.75 bits per heavy atom. The van der Waals surface area contributed by atoms with E-state index < -0.39 is 0 Å². The van der Waals surface area contributed by atoms with Gasteiger partial charge in [0.25, 0.3) is 0 Å². The molecule has 92 valence electrons. The van der Waals surface area contributed by atoms with Crippen LogP contribution in [-0.2, 0) is 6.54 Å². The van der Waals surface area contributed by atoms with Gasteiger partial charge in [-0.05, 0) is 24.9 Å². The zero-order chi connectivity index (χ0) is 11.6. The molecule has 0 aliphatic carbocycles. The minimum atomic E-state index is 0.295. The van der Waals surface area contributed by atoms with Crippen molar-refractivity contribution in [2.75, 3.05) is 23.9 Å². The molecular formula is C10H20N4OS. The van der Waals surface area contributed by atoms with Crippen molar-refractivity contribution in [1.82, 2.24) is 10.2 Å². The molecule has 0 atom stereocenters. The van der Waals surface area contributed by atoms with Crippen molar-refractivity contribution in [2.24, 2.45) is 5.73 Å². The number of rotatable bonds is 9. The average Bonchev–Trinajstić information content (AvgIpc) is 2.76. The molecule has 0 saturated carbocycles. The van der Waals surface area contributed by atoms with Gasteiger partial charge in [-0.3, -0.25) is 0 Å². The maximum absolute atomic E-state index is 5.36. The summed E-state index contributed by atoms with van der Waals surface area (Å²) in [5, 5.41) is 10.7. The average molecular weight is 244 g/mol. The van der Waals surface area contributed by atoms with Crippen molar-refractivity contribution >= 4 is 17.8 Å². The van der Waals surface area contributed by atoms with E-state index in [1.165, 1.54) is 25.0 Å². The predicted octanol–water partition coefficient (Wildman–Crippen LogP) is 1.86. The van der Waals surface area contributed by atoms with Gasteiger partial charge in [0.2, 0.25) is 5.89 Å². The van der Waals surface area contributed by atoms with Crippen LogP contribution in [0.3, 0.4) is 0 Å². The number of nitrogens with one attached hydrogen (secondary N) is 1. The highest BCUT2D eigenvalue weighted by atomic mass is 32.2. The molecule has 0 aromatic carbocycles. The minimum Gasteiger partial charge on any atom is -0.407 e. The molecule has 5 nitrogen and oxygen atoms in total. The van der Waals surface area contributed by atoms with Crippen LogP contribution in [0, 0.1) is 0 Å². The lowest BCUT2D eigenvalue weighted by molar-refractivity contribution is 0.506. The van der Waals surface area contributed by atoms with Crippen LogP contribution in [0.5, 0.6) is 0 Å². The normalized spacial score (nSPS) is 10.6. The summed E-state index contributed by atoms with van der Waals surface area (Å²) in [4.78, 5) is 0. The lowest BCUT2D eigenvalue weighted by Gasteiger charge is -2.01. The molecule has 0 radical (unpaired) electrons. The van der Waals surface area contributed by atoms with E-state index in [2.05, 4.69) is 21.8 Å². The topological polar surface area (TPSA) is 77.0 Å². The number of anilines is 1. The lowest BCUT2D eigenvalue weighted by atomic mass is 10.2. The van der Waals surface area contributed by atoms with Crippen LogP contribution in [0.2, 0.25) is 0 Å². The first-order chi connectivity index (χ1) is 7.86. The first-order valence-corrected chi connectivity index (χ1v) is 7.01. The second-order valence-corrected chi connectivity index (χ2v) is 4.52. The maximum Gasteiger partial charge on any atom is 0.315 e. The van der Waals surface area contributed by atoms with Gasteiger partial charge in [-0.2, -0.15) is 11.8 Å². The van der Waals surface area contributed by atoms with E-state index in [-0.39, 0.29) is 0 Å². The Bertz CT molecular complexity index is 280. The van der Waals surface area contributed by atoms with Crippen molar-refractivity contribution < 1.29 is 4.42 Å². The Labute approximate surface area is 101 Å². The number of aromatic nitrogens is 2. The Morgan fingerprint density at radius 2 is 2.06 bits per heavy atom. The summed E-state index contributed by atoms with van der Waals surface area (Å²) in [5.41, 5.74) is 5.36. The molecule has 6 heteroatoms. The van der Waals surface area contributed by atoms with Gasteiger partial charge < -0.3 is 15.5 Å². The molecule has 0 aliphatic heterocycles. The van der Waals surface area contributed by atoms with E-state index in [1.54, 1.807) is 0 Å². The van der Waals surface area contributed by atoms with Crippen molar-refractivity contribution in [3.8, 4) is 0 Å². The van der Waals surface area contributed by atoms with Gasteiger partial charge in [0.05, 0.1) is 6.54 Å². The fourth-order valence-corrected chi connectivity index (χ4v) is 1.82. The molecule has 0 unspecified atom stereocenters. The molecule has 0 aliphatic rings. The van der Waals surface area contributed by atoms with Gasteiger partial charge in [0.1, 0.15) is 0 Å². The van der Waals surface area contributed by atoms with E-state index in [4.69, 9.17) is 10.2 Å². The third-order valence-electron chi connectivity index (χ3n) is 2.19. The Hall–Kier alpha value is -0.750. The third-order valence-corrected chi connectivity index (χ3v) is 2.89. The summed E-state index contributed by atoms with van der Waals surface area (Å²) in [6.45, 7) is 1.18. The molecule has 1 aromatic rings. The van der Waals surface area contributed by atoms with Crippen LogP contribution in [0.1, 0.15) is 31.6 Å². The van der Waals surface area contributed by atoms with Crippen LogP contribution in [0.15, 0.2) is 4.42 Å². The number of nitrogens with two attached hydrogens (primary N) is 1. The zero-order valence-electron chi connectivity index (χ0n) is 9.74. The Balaban J connectivity index is 1.98. The highest BCUT2D eigenvalue weighted by Crippen LogP contribution is 2.07. The first-order valence-electron chi connectivity index (χ1n) is 5.62. The second-order valence-electron chi connectivity index (χ2n) is 3.54. The highest BCUT2D eigenvalue weighted by Gasteiger charge is 2.02. The van der Waals surface area contributed by atoms with Gasteiger partial charge in [0, 0.05) is 6.54 Å². The van der Waals surface area contributed by atoms with Crippen LogP contribution < -0.4 is 11.1 Å². The van der Waals surface area contributed by atoms with Gasteiger partial charge >= 0.3 is 6.01 Å². The number of hydrogen-bond acceptors (Lipinski definition) is 6. The molecule has 0 bridgehead atoms. The quantitative estimate of drug-likeness (QED) is 0.646. The molecule has 1 heterocycles. The maximum atomic E-state index is 5.36. The number of nitrogens with zero attached hydrogens (tertiary/aromatic N) is 2. The Kier molecular flexibility index (Phi) is 7.00. The van der Waals surface area contributed by atoms with Gasteiger partial charge in [0.15, 0.2) is 0 Å². The summed E-state index contributed by atoms with van der Waals surface area (Å²) in [7, 11) is 0. The summed E-state index contributed by atoms with van der Waals surface area (Å²) in [5.74, 6) is 1.74.